The van der Waals surface area contributed by atoms with E-state index < -0.39 is 0 Å². The molecule has 3 nitrogen and oxygen atoms in total. The summed E-state index contributed by atoms with van der Waals surface area (Å²) in [5.74, 6) is 1.47. The molecule has 0 radical (unpaired) electrons. The molecule has 0 aliphatic heterocycles. The summed E-state index contributed by atoms with van der Waals surface area (Å²) in [6, 6.07) is 5.52. The van der Waals surface area contributed by atoms with Gasteiger partial charge in [-0.15, -0.1) is 0 Å². The number of ether oxygens (including phenoxy) is 2. The molecular weight excluding hydrogens is 252 g/mol. The Morgan fingerprint density at radius 3 is 2.50 bits per heavy atom. The third kappa shape index (κ3) is 5.33. The van der Waals surface area contributed by atoms with Gasteiger partial charge in [-0.2, -0.15) is 0 Å². The van der Waals surface area contributed by atoms with Crippen LogP contribution in [-0.4, -0.2) is 18.5 Å². The van der Waals surface area contributed by atoms with Gasteiger partial charge in [0.05, 0.1) is 19.3 Å². The predicted octanol–water partition coefficient (Wildman–Crippen LogP) is 4.24. The van der Waals surface area contributed by atoms with Crippen molar-refractivity contribution in [3.63, 3.8) is 0 Å². The fourth-order valence-corrected chi connectivity index (χ4v) is 2.17. The van der Waals surface area contributed by atoms with Crippen LogP contribution >= 0.6 is 0 Å². The van der Waals surface area contributed by atoms with Gasteiger partial charge in [0.15, 0.2) is 5.78 Å². The quantitative estimate of drug-likeness (QED) is 0.667. The maximum atomic E-state index is 11.5. The van der Waals surface area contributed by atoms with Crippen molar-refractivity contribution in [1.82, 2.24) is 0 Å². The molecule has 0 spiro atoms. The van der Waals surface area contributed by atoms with E-state index in [2.05, 4.69) is 20.8 Å². The van der Waals surface area contributed by atoms with E-state index in [1.807, 2.05) is 19.1 Å². The van der Waals surface area contributed by atoms with Crippen LogP contribution in [0.4, 0.5) is 0 Å². The molecule has 1 atom stereocenters. The molecule has 0 saturated heterocycles. The van der Waals surface area contributed by atoms with Gasteiger partial charge in [0.1, 0.15) is 5.75 Å². The zero-order chi connectivity index (χ0) is 15.1. The van der Waals surface area contributed by atoms with Crippen molar-refractivity contribution in [3.05, 3.63) is 29.3 Å². The molecule has 0 fully saturated rings. The van der Waals surface area contributed by atoms with Crippen LogP contribution in [0, 0.1) is 5.92 Å². The summed E-state index contributed by atoms with van der Waals surface area (Å²) in [5.41, 5.74) is 1.64. The van der Waals surface area contributed by atoms with Gasteiger partial charge < -0.3 is 9.47 Å². The van der Waals surface area contributed by atoms with E-state index in [-0.39, 0.29) is 11.9 Å². The highest BCUT2D eigenvalue weighted by atomic mass is 16.5. The Balaban J connectivity index is 2.79. The van der Waals surface area contributed by atoms with Gasteiger partial charge in [-0.05, 0) is 51.3 Å². The molecule has 1 rings (SSSR count). The van der Waals surface area contributed by atoms with Crippen LogP contribution in [0.15, 0.2) is 18.2 Å². The maximum Gasteiger partial charge on any atom is 0.159 e. The Morgan fingerprint density at radius 1 is 1.25 bits per heavy atom. The number of ketones is 1. The van der Waals surface area contributed by atoms with Gasteiger partial charge in [0, 0.05) is 11.1 Å². The van der Waals surface area contributed by atoms with Crippen LogP contribution in [0.1, 0.15) is 57.0 Å². The molecule has 0 saturated carbocycles. The second-order valence-corrected chi connectivity index (χ2v) is 5.56. The fraction of sp³-hybridized carbons (Fsp3) is 0.588. The van der Waals surface area contributed by atoms with E-state index in [0.29, 0.717) is 24.7 Å². The molecule has 20 heavy (non-hydrogen) atoms. The summed E-state index contributed by atoms with van der Waals surface area (Å²) in [4.78, 5) is 11.5. The Labute approximate surface area is 122 Å². The van der Waals surface area contributed by atoms with Crippen molar-refractivity contribution >= 4 is 5.78 Å². The van der Waals surface area contributed by atoms with Crippen LogP contribution in [0.25, 0.3) is 0 Å². The van der Waals surface area contributed by atoms with Crippen LogP contribution in [-0.2, 0) is 11.3 Å². The van der Waals surface area contributed by atoms with Gasteiger partial charge >= 0.3 is 0 Å². The number of hydrogen-bond acceptors (Lipinski definition) is 3. The molecule has 0 bridgehead atoms. The minimum atomic E-state index is 0.0597. The van der Waals surface area contributed by atoms with Crippen molar-refractivity contribution < 1.29 is 14.3 Å². The van der Waals surface area contributed by atoms with Gasteiger partial charge in [-0.1, -0.05) is 13.8 Å². The van der Waals surface area contributed by atoms with Crippen molar-refractivity contribution in [2.24, 2.45) is 5.92 Å². The van der Waals surface area contributed by atoms with Crippen LogP contribution in [0.3, 0.4) is 0 Å². The summed E-state index contributed by atoms with van der Waals surface area (Å²) in [6.45, 7) is 11.0. The first-order chi connectivity index (χ1) is 9.43. The van der Waals surface area contributed by atoms with Gasteiger partial charge in [0.25, 0.3) is 0 Å². The molecule has 0 aliphatic rings. The number of hydrogen-bond donors (Lipinski definition) is 0. The van der Waals surface area contributed by atoms with Crippen molar-refractivity contribution in [2.75, 3.05) is 6.61 Å². The lowest BCUT2D eigenvalue weighted by Gasteiger charge is -2.17. The van der Waals surface area contributed by atoms with Crippen LogP contribution in [0.2, 0.25) is 0 Å². The molecule has 3 heteroatoms. The SMILES string of the molecule is CCOc1ccc(C(C)=O)cc1COC(C)CC(C)C. The molecule has 0 heterocycles. The Hall–Kier alpha value is -1.35. The number of benzene rings is 1. The topological polar surface area (TPSA) is 35.5 Å². The lowest BCUT2D eigenvalue weighted by Crippen LogP contribution is -2.12. The maximum absolute atomic E-state index is 11.5. The highest BCUT2D eigenvalue weighted by Crippen LogP contribution is 2.23. The molecule has 0 amide bonds. The number of carbonyl (C=O) groups excluding carboxylic acids is 1. The lowest BCUT2D eigenvalue weighted by atomic mass is 10.1. The first-order valence-electron chi connectivity index (χ1n) is 7.32. The average Bonchev–Trinajstić information content (AvgIpc) is 2.36. The van der Waals surface area contributed by atoms with Crippen molar-refractivity contribution in [2.45, 2.75) is 53.8 Å². The first-order valence-corrected chi connectivity index (χ1v) is 7.32. The first kappa shape index (κ1) is 16.7. The predicted molar refractivity (Wildman–Crippen MR) is 81.3 cm³/mol. The van der Waals surface area contributed by atoms with E-state index in [1.165, 1.54) is 0 Å². The zero-order valence-electron chi connectivity index (χ0n) is 13.2. The molecule has 1 aromatic carbocycles. The minimum Gasteiger partial charge on any atom is -0.494 e. The second kappa shape index (κ2) is 8.05. The normalized spacial score (nSPS) is 12.5. The smallest absolute Gasteiger partial charge is 0.159 e. The monoisotopic (exact) mass is 278 g/mol. The van der Waals surface area contributed by atoms with Gasteiger partial charge in [-0.25, -0.2) is 0 Å². The van der Waals surface area contributed by atoms with E-state index in [1.54, 1.807) is 13.0 Å². The highest BCUT2D eigenvalue weighted by molar-refractivity contribution is 5.94. The number of rotatable bonds is 8. The average molecular weight is 278 g/mol. The van der Waals surface area contributed by atoms with E-state index in [0.717, 1.165) is 17.7 Å². The molecule has 112 valence electrons. The minimum absolute atomic E-state index is 0.0597. The Morgan fingerprint density at radius 2 is 1.95 bits per heavy atom. The van der Waals surface area contributed by atoms with Crippen molar-refractivity contribution in [1.29, 1.82) is 0 Å². The molecule has 0 aliphatic carbocycles. The van der Waals surface area contributed by atoms with Gasteiger partial charge in [-0.3, -0.25) is 4.79 Å². The molecule has 1 unspecified atom stereocenters. The largest absolute Gasteiger partial charge is 0.494 e. The molecule has 0 N–H and O–H groups in total. The van der Waals surface area contributed by atoms with Crippen molar-refractivity contribution in [3.8, 4) is 5.75 Å². The zero-order valence-corrected chi connectivity index (χ0v) is 13.2. The Bertz CT molecular complexity index is 438. The molecule has 0 aromatic heterocycles. The molecule has 1 aromatic rings. The van der Waals surface area contributed by atoms with E-state index in [4.69, 9.17) is 9.47 Å². The summed E-state index contributed by atoms with van der Waals surface area (Å²) < 4.78 is 11.5. The summed E-state index contributed by atoms with van der Waals surface area (Å²) in [5, 5.41) is 0. The highest BCUT2D eigenvalue weighted by Gasteiger charge is 2.11. The summed E-state index contributed by atoms with van der Waals surface area (Å²) >= 11 is 0. The third-order valence-electron chi connectivity index (χ3n) is 3.09. The summed E-state index contributed by atoms with van der Waals surface area (Å²) in [7, 11) is 0. The Kier molecular flexibility index (Phi) is 6.73. The van der Waals surface area contributed by atoms with Gasteiger partial charge in [0.2, 0.25) is 0 Å². The lowest BCUT2D eigenvalue weighted by molar-refractivity contribution is 0.0385. The van der Waals surface area contributed by atoms with Crippen LogP contribution < -0.4 is 4.74 Å². The third-order valence-corrected chi connectivity index (χ3v) is 3.09. The standard InChI is InChI=1S/C17H26O3/c1-6-19-17-8-7-15(14(5)18)10-16(17)11-20-13(4)9-12(2)3/h7-8,10,12-13H,6,9,11H2,1-5H3. The van der Waals surface area contributed by atoms with E-state index >= 15 is 0 Å². The molecular formula is C17H26O3. The van der Waals surface area contributed by atoms with E-state index in [9.17, 15) is 4.79 Å². The fourth-order valence-electron chi connectivity index (χ4n) is 2.17. The second-order valence-electron chi connectivity index (χ2n) is 5.56. The van der Waals surface area contributed by atoms with Crippen LogP contribution in [0.5, 0.6) is 5.75 Å². The summed E-state index contributed by atoms with van der Waals surface area (Å²) in [6.07, 6.45) is 1.22. The number of Topliss-reactive ketones (excluding diaryl/α,β-unsaturated/α-hetero) is 1. The number of carbonyl (C=O) groups is 1.